The summed E-state index contributed by atoms with van der Waals surface area (Å²) < 4.78 is 47.2. The number of ether oxygens (including phenoxy) is 8. The third-order valence-corrected chi connectivity index (χ3v) is 18.6. The predicted octanol–water partition coefficient (Wildman–Crippen LogP) is 12.8. The van der Waals surface area contributed by atoms with Crippen LogP contribution in [0, 0.1) is 0 Å². The molecule has 0 spiro atoms. The number of nitrogens with one attached hydrogen (secondary N) is 2. The number of carbonyl (C=O) groups is 4. The minimum atomic E-state index is -1.73. The molecule has 2 amide bonds. The zero-order valence-electron chi connectivity index (χ0n) is 51.9. The Morgan fingerprint density at radius 1 is 0.611 bits per heavy atom. The van der Waals surface area contributed by atoms with Gasteiger partial charge >= 0.3 is 11.9 Å². The first-order valence-corrected chi connectivity index (χ1v) is 34.0. The lowest BCUT2D eigenvalue weighted by Crippen LogP contribution is -2.71. The Labute approximate surface area is 572 Å². The van der Waals surface area contributed by atoms with E-state index in [0.717, 1.165) is 27.8 Å². The van der Waals surface area contributed by atoms with E-state index in [2.05, 4.69) is 38.4 Å². The molecule has 1 saturated heterocycles. The molecule has 2 aliphatic heterocycles. The van der Waals surface area contributed by atoms with E-state index >= 15 is 9.59 Å². The van der Waals surface area contributed by atoms with Crippen LogP contribution in [0.1, 0.15) is 68.5 Å². The molecular formula is C74H68IN5O13S2. The maximum Gasteiger partial charge on any atom is 0.356 e. The number of thioether (sulfide) groups is 1. The van der Waals surface area contributed by atoms with Crippen LogP contribution in [-0.4, -0.2) is 115 Å². The number of carbonyl (C=O) groups excluding carboxylic acids is 4. The maximum atomic E-state index is 15.6. The standard InChI is InChI=1S/C74H68IN5O13S2/c1-85-40-42-87-48-89-60-39-38-54(44-61(60)90-49-88-43-41-86-2)67(72(84)92-66(52-28-14-5-15-29-52)53-30-16-6-17-31-53)93-79-62(59-47-95-73(76-59)78-74(56-32-18-7-19-33-56,57-34-20-8-21-35-57)58-36-22-9-23-37-58)68(81)77-63-69(82)80-64(55(45-75)46-94-70(63)80)71(83)91-65(50-24-10-3-11-25-50)51-26-12-4-13-27-51/h3-39,44,47,63,65-67,70H,40-43,45-46,48-49H2,1-2H3,(H,76,78)(H,77,81)/t63?,67?,70-/m1/s1. The van der Waals surface area contributed by atoms with Crippen LogP contribution in [0.5, 0.6) is 11.5 Å². The summed E-state index contributed by atoms with van der Waals surface area (Å²) in [4.78, 5) is 73.6. The van der Waals surface area contributed by atoms with Gasteiger partial charge in [0.15, 0.2) is 48.1 Å². The third kappa shape index (κ3) is 16.1. The molecule has 3 atom stereocenters. The number of halogens is 1. The van der Waals surface area contributed by atoms with Crippen LogP contribution in [-0.2, 0) is 58.0 Å². The number of hydrogen-bond donors (Lipinski definition) is 2. The number of alkyl halides is 1. The van der Waals surface area contributed by atoms with Gasteiger partial charge in [-0.25, -0.2) is 14.6 Å². The van der Waals surface area contributed by atoms with Gasteiger partial charge < -0.3 is 53.4 Å². The summed E-state index contributed by atoms with van der Waals surface area (Å²) in [6, 6.07) is 70.6. The van der Waals surface area contributed by atoms with E-state index in [1.807, 2.05) is 212 Å². The van der Waals surface area contributed by atoms with Gasteiger partial charge in [0, 0.05) is 35.3 Å². The van der Waals surface area contributed by atoms with E-state index in [4.69, 9.17) is 47.7 Å². The predicted molar refractivity (Wildman–Crippen MR) is 371 cm³/mol. The summed E-state index contributed by atoms with van der Waals surface area (Å²) in [6.45, 7) is 0.667. The lowest BCUT2D eigenvalue weighted by atomic mass is 9.77. The lowest BCUT2D eigenvalue weighted by molar-refractivity contribution is -0.162. The molecule has 1 fully saturated rings. The molecule has 8 aromatic carbocycles. The van der Waals surface area contributed by atoms with Gasteiger partial charge in [-0.15, -0.1) is 23.1 Å². The number of aromatic nitrogens is 1. The molecule has 3 heterocycles. The van der Waals surface area contributed by atoms with Gasteiger partial charge in [-0.3, -0.25) is 14.5 Å². The molecule has 1 aromatic heterocycles. The normalized spacial score (nSPS) is 14.9. The fourth-order valence-corrected chi connectivity index (χ4v) is 14.1. The van der Waals surface area contributed by atoms with Crippen molar-refractivity contribution in [2.45, 2.75) is 35.3 Å². The van der Waals surface area contributed by atoms with Crippen molar-refractivity contribution in [3.05, 3.63) is 297 Å². The van der Waals surface area contributed by atoms with Gasteiger partial charge in [-0.1, -0.05) is 246 Å². The first kappa shape index (κ1) is 67.2. The van der Waals surface area contributed by atoms with Gasteiger partial charge in [-0.05, 0) is 56.6 Å². The van der Waals surface area contributed by atoms with E-state index in [0.29, 0.717) is 45.2 Å². The number of thiazole rings is 1. The van der Waals surface area contributed by atoms with E-state index in [1.54, 1.807) is 31.7 Å². The summed E-state index contributed by atoms with van der Waals surface area (Å²) in [5.41, 5.74) is 5.06. The quantitative estimate of drug-likeness (QED) is 0.00463. The molecule has 9 aromatic rings. The van der Waals surface area contributed by atoms with Gasteiger partial charge in [0.1, 0.15) is 28.3 Å². The largest absolute Gasteiger partial charge is 0.464 e. The maximum absolute atomic E-state index is 15.6. The molecule has 2 unspecified atom stereocenters. The van der Waals surface area contributed by atoms with E-state index in [1.165, 1.54) is 34.1 Å². The van der Waals surface area contributed by atoms with Crippen LogP contribution >= 0.6 is 45.7 Å². The molecule has 11 rings (SSSR count). The number of oxime groups is 1. The summed E-state index contributed by atoms with van der Waals surface area (Å²) in [5, 5.41) is 12.6. The monoisotopic (exact) mass is 1430 g/mol. The summed E-state index contributed by atoms with van der Waals surface area (Å²) in [7, 11) is 3.12. The molecule has 0 radical (unpaired) electrons. The molecule has 486 valence electrons. The number of benzene rings is 8. The van der Waals surface area contributed by atoms with Crippen molar-refractivity contribution in [2.75, 3.05) is 69.7 Å². The van der Waals surface area contributed by atoms with E-state index < -0.39 is 64.7 Å². The second kappa shape index (κ2) is 33.3. The number of rotatable bonds is 32. The highest BCUT2D eigenvalue weighted by Crippen LogP contribution is 2.44. The van der Waals surface area contributed by atoms with Gasteiger partial charge in [0.25, 0.3) is 11.8 Å². The van der Waals surface area contributed by atoms with Crippen molar-refractivity contribution < 1.29 is 61.9 Å². The van der Waals surface area contributed by atoms with Gasteiger partial charge in [0.05, 0.1) is 26.4 Å². The number of fused-ring (bicyclic) bond motifs is 1. The Kier molecular flexibility index (Phi) is 23.5. The average molecular weight is 1430 g/mol. The lowest BCUT2D eigenvalue weighted by Gasteiger charge is -2.49. The minimum Gasteiger partial charge on any atom is -0.464 e. The number of anilines is 1. The molecule has 2 N–H and O–H groups in total. The Morgan fingerprint density at radius 2 is 1.08 bits per heavy atom. The Morgan fingerprint density at radius 3 is 1.57 bits per heavy atom. The van der Waals surface area contributed by atoms with Crippen molar-refractivity contribution in [3.63, 3.8) is 0 Å². The summed E-state index contributed by atoms with van der Waals surface area (Å²) in [5.74, 6) is -2.31. The fraction of sp³-hybridized carbons (Fsp3) is 0.216. The smallest absolute Gasteiger partial charge is 0.356 e. The third-order valence-electron chi connectivity index (χ3n) is 15.6. The van der Waals surface area contributed by atoms with Crippen molar-refractivity contribution in [3.8, 4) is 11.5 Å². The fourth-order valence-electron chi connectivity index (χ4n) is 11.0. The number of hydrogen-bond acceptors (Lipinski definition) is 18. The van der Waals surface area contributed by atoms with Crippen molar-refractivity contribution in [1.29, 1.82) is 0 Å². The van der Waals surface area contributed by atoms with Crippen molar-refractivity contribution in [2.24, 2.45) is 5.16 Å². The number of esters is 2. The molecule has 0 aliphatic carbocycles. The molecule has 2 aliphatic rings. The van der Waals surface area contributed by atoms with Crippen LogP contribution in [0.3, 0.4) is 0 Å². The molecule has 0 saturated carbocycles. The van der Waals surface area contributed by atoms with Crippen molar-refractivity contribution >= 4 is 80.3 Å². The van der Waals surface area contributed by atoms with Gasteiger partial charge in [0.2, 0.25) is 6.10 Å². The van der Waals surface area contributed by atoms with Crippen LogP contribution < -0.4 is 20.1 Å². The highest BCUT2D eigenvalue weighted by atomic mass is 127. The summed E-state index contributed by atoms with van der Waals surface area (Å²) >= 11 is 4.79. The zero-order valence-corrected chi connectivity index (χ0v) is 55.7. The molecular weight excluding hydrogens is 1360 g/mol. The topological polar surface area (TPSA) is 204 Å². The minimum absolute atomic E-state index is 0.0234. The van der Waals surface area contributed by atoms with Crippen LogP contribution in [0.2, 0.25) is 0 Å². The number of methoxy groups -OCH3 is 2. The van der Waals surface area contributed by atoms with E-state index in [-0.39, 0.29) is 55.3 Å². The first-order chi connectivity index (χ1) is 46.7. The Balaban J connectivity index is 0.985. The SMILES string of the molecule is COCCOCOc1ccc(C(ON=C(C(=O)NC2C(=O)N3C(C(=O)OC(c4ccccc4)c4ccccc4)=C(CI)CS[C@H]23)c2csc(NC(c3ccccc3)(c3ccccc3)c3ccccc3)n2)C(=O)OC(c2ccccc2)c2ccccc2)cc1OCOCCOC. The molecule has 18 nitrogen and oxygen atoms in total. The Hall–Kier alpha value is -9.20. The zero-order chi connectivity index (χ0) is 65.8. The molecule has 95 heavy (non-hydrogen) atoms. The first-order valence-electron chi connectivity index (χ1n) is 30.5. The van der Waals surface area contributed by atoms with Gasteiger partial charge in [-0.2, -0.15) is 0 Å². The highest BCUT2D eigenvalue weighted by molar-refractivity contribution is 14.1. The second-order valence-corrected chi connectivity index (χ2v) is 24.4. The molecule has 0 bridgehead atoms. The van der Waals surface area contributed by atoms with E-state index in [9.17, 15) is 9.59 Å². The van der Waals surface area contributed by atoms with Crippen molar-refractivity contribution in [1.82, 2.24) is 15.2 Å². The Bertz CT molecular complexity index is 3870. The number of nitrogens with zero attached hydrogens (tertiary/aromatic N) is 3. The molecule has 21 heteroatoms. The van der Waals surface area contributed by atoms with Crippen LogP contribution in [0.25, 0.3) is 0 Å². The second-order valence-electron chi connectivity index (χ2n) is 21.7. The van der Waals surface area contributed by atoms with Crippen LogP contribution in [0.15, 0.2) is 252 Å². The van der Waals surface area contributed by atoms with Crippen LogP contribution in [0.4, 0.5) is 5.13 Å². The average Bonchev–Trinajstić information content (AvgIpc) is 1.42. The summed E-state index contributed by atoms with van der Waals surface area (Å²) in [6.07, 6.45) is -3.47. The number of amides is 2. The number of β-lactam (4-membered cyclic amide) rings is 1. The highest BCUT2D eigenvalue weighted by Gasteiger charge is 2.55.